The molecule has 0 amide bonds. The lowest BCUT2D eigenvalue weighted by molar-refractivity contribution is 1.16. The Hall–Kier alpha value is -2.53. The first-order chi connectivity index (χ1) is 8.83. The van der Waals surface area contributed by atoms with Crippen molar-refractivity contribution in [1.29, 1.82) is 0 Å². The van der Waals surface area contributed by atoms with Crippen LogP contribution in [0.1, 0.15) is 16.8 Å². The van der Waals surface area contributed by atoms with Crippen molar-refractivity contribution in [1.82, 2.24) is 9.38 Å². The van der Waals surface area contributed by atoms with Crippen molar-refractivity contribution in [2.45, 2.75) is 6.92 Å². The van der Waals surface area contributed by atoms with Crippen molar-refractivity contribution in [2.75, 3.05) is 0 Å². The Balaban J connectivity index is 2.03. The van der Waals surface area contributed by atoms with Crippen LogP contribution >= 0.6 is 0 Å². The lowest BCUT2D eigenvalue weighted by Gasteiger charge is -1.94. The van der Waals surface area contributed by atoms with Crippen molar-refractivity contribution >= 4 is 5.65 Å². The van der Waals surface area contributed by atoms with E-state index >= 15 is 0 Å². The summed E-state index contributed by atoms with van der Waals surface area (Å²) in [6, 6.07) is 14.1. The van der Waals surface area contributed by atoms with Crippen LogP contribution in [-0.2, 0) is 0 Å². The zero-order valence-corrected chi connectivity index (χ0v) is 10.1. The highest BCUT2D eigenvalue weighted by Crippen LogP contribution is 2.06. The molecule has 2 aromatic heterocycles. The van der Waals surface area contributed by atoms with Crippen LogP contribution in [0.15, 0.2) is 54.9 Å². The van der Waals surface area contributed by atoms with E-state index in [1.54, 1.807) is 6.20 Å². The summed E-state index contributed by atoms with van der Waals surface area (Å²) in [5.74, 6) is 6.33. The number of hydrogen-bond donors (Lipinski definition) is 0. The largest absolute Gasteiger partial charge is 0.293 e. The summed E-state index contributed by atoms with van der Waals surface area (Å²) >= 11 is 0. The standard InChI is InChI=1S/C16H12N2/c1-13-5-4-6-14(11-13)8-9-15-12-17-16-7-2-3-10-18(15)16/h2-7,10-12H,1H3. The number of aromatic nitrogens is 2. The monoisotopic (exact) mass is 232 g/mol. The Morgan fingerprint density at radius 2 is 2.00 bits per heavy atom. The molecule has 3 aromatic rings. The minimum absolute atomic E-state index is 0.909. The number of aryl methyl sites for hydroxylation is 1. The average molecular weight is 232 g/mol. The molecule has 0 radical (unpaired) electrons. The lowest BCUT2D eigenvalue weighted by Crippen LogP contribution is -1.86. The first-order valence-corrected chi connectivity index (χ1v) is 5.84. The molecule has 0 N–H and O–H groups in total. The van der Waals surface area contributed by atoms with Gasteiger partial charge in [0.1, 0.15) is 11.3 Å². The third kappa shape index (κ3) is 1.99. The van der Waals surface area contributed by atoms with Gasteiger partial charge in [-0.25, -0.2) is 4.98 Å². The van der Waals surface area contributed by atoms with Crippen LogP contribution in [0, 0.1) is 18.8 Å². The van der Waals surface area contributed by atoms with E-state index in [1.165, 1.54) is 5.56 Å². The Morgan fingerprint density at radius 1 is 1.06 bits per heavy atom. The van der Waals surface area contributed by atoms with Crippen LogP contribution in [0.4, 0.5) is 0 Å². The van der Waals surface area contributed by atoms with Gasteiger partial charge in [-0.1, -0.05) is 24.1 Å². The van der Waals surface area contributed by atoms with E-state index in [0.29, 0.717) is 0 Å². The molecular formula is C16H12N2. The highest BCUT2D eigenvalue weighted by atomic mass is 15.0. The molecule has 0 fully saturated rings. The molecule has 0 aliphatic heterocycles. The fourth-order valence-electron chi connectivity index (χ4n) is 1.88. The zero-order valence-electron chi connectivity index (χ0n) is 10.1. The van der Waals surface area contributed by atoms with E-state index in [1.807, 2.05) is 40.9 Å². The number of pyridine rings is 1. The van der Waals surface area contributed by atoms with Gasteiger partial charge in [-0.2, -0.15) is 0 Å². The Morgan fingerprint density at radius 3 is 2.89 bits per heavy atom. The fraction of sp³-hybridized carbons (Fsp3) is 0.0625. The molecule has 3 rings (SSSR count). The van der Waals surface area contributed by atoms with Gasteiger partial charge in [-0.3, -0.25) is 4.40 Å². The second-order valence-corrected chi connectivity index (χ2v) is 4.19. The first-order valence-electron chi connectivity index (χ1n) is 5.84. The molecule has 0 unspecified atom stereocenters. The minimum atomic E-state index is 0.909. The summed E-state index contributed by atoms with van der Waals surface area (Å²) in [7, 11) is 0. The number of imidazole rings is 1. The summed E-state index contributed by atoms with van der Waals surface area (Å²) in [4.78, 5) is 4.31. The van der Waals surface area contributed by atoms with E-state index in [9.17, 15) is 0 Å². The zero-order chi connectivity index (χ0) is 12.4. The van der Waals surface area contributed by atoms with Crippen molar-refractivity contribution in [3.63, 3.8) is 0 Å². The maximum Gasteiger partial charge on any atom is 0.137 e. The van der Waals surface area contributed by atoms with Gasteiger partial charge in [0, 0.05) is 11.8 Å². The molecular weight excluding hydrogens is 220 g/mol. The van der Waals surface area contributed by atoms with Crippen LogP contribution in [0.2, 0.25) is 0 Å². The summed E-state index contributed by atoms with van der Waals surface area (Å²) in [5, 5.41) is 0. The van der Waals surface area contributed by atoms with Gasteiger partial charge in [-0.15, -0.1) is 0 Å². The van der Waals surface area contributed by atoms with Gasteiger partial charge in [0.15, 0.2) is 0 Å². The third-order valence-electron chi connectivity index (χ3n) is 2.77. The summed E-state index contributed by atoms with van der Waals surface area (Å²) in [6.45, 7) is 2.07. The molecule has 2 nitrogen and oxygen atoms in total. The maximum absolute atomic E-state index is 4.31. The molecule has 0 saturated carbocycles. The molecule has 0 spiro atoms. The van der Waals surface area contributed by atoms with Crippen molar-refractivity contribution in [2.24, 2.45) is 0 Å². The molecule has 2 heterocycles. The average Bonchev–Trinajstić information content (AvgIpc) is 2.80. The smallest absolute Gasteiger partial charge is 0.137 e. The Bertz CT molecular complexity index is 757. The van der Waals surface area contributed by atoms with Crippen LogP contribution in [0.3, 0.4) is 0 Å². The SMILES string of the molecule is Cc1cccc(C#Cc2cnc3ccccn23)c1. The van der Waals surface area contributed by atoms with Crippen LogP contribution in [0.25, 0.3) is 5.65 Å². The van der Waals surface area contributed by atoms with E-state index in [2.05, 4.69) is 35.9 Å². The van der Waals surface area contributed by atoms with Crippen molar-refractivity contribution in [3.8, 4) is 11.8 Å². The van der Waals surface area contributed by atoms with Crippen LogP contribution in [-0.4, -0.2) is 9.38 Å². The van der Waals surface area contributed by atoms with Crippen molar-refractivity contribution < 1.29 is 0 Å². The van der Waals surface area contributed by atoms with Gasteiger partial charge in [-0.05, 0) is 42.7 Å². The van der Waals surface area contributed by atoms with E-state index in [4.69, 9.17) is 0 Å². The second-order valence-electron chi connectivity index (χ2n) is 4.19. The quantitative estimate of drug-likeness (QED) is 0.544. The number of rotatable bonds is 0. The normalized spacial score (nSPS) is 10.1. The van der Waals surface area contributed by atoms with Crippen molar-refractivity contribution in [3.05, 3.63) is 71.7 Å². The fourth-order valence-corrected chi connectivity index (χ4v) is 1.88. The molecule has 0 saturated heterocycles. The number of hydrogen-bond acceptors (Lipinski definition) is 1. The van der Waals surface area contributed by atoms with E-state index in [0.717, 1.165) is 16.9 Å². The third-order valence-corrected chi connectivity index (χ3v) is 2.77. The number of nitrogens with zero attached hydrogens (tertiary/aromatic N) is 2. The Kier molecular flexibility index (Phi) is 2.59. The lowest BCUT2D eigenvalue weighted by atomic mass is 10.1. The first kappa shape index (κ1) is 10.6. The molecule has 18 heavy (non-hydrogen) atoms. The van der Waals surface area contributed by atoms with Gasteiger partial charge in [0.25, 0.3) is 0 Å². The van der Waals surface area contributed by atoms with Crippen LogP contribution < -0.4 is 0 Å². The molecule has 0 aliphatic rings. The highest BCUT2D eigenvalue weighted by Gasteiger charge is 1.97. The predicted octanol–water partition coefficient (Wildman–Crippen LogP) is 3.04. The number of fused-ring (bicyclic) bond motifs is 1. The maximum atomic E-state index is 4.31. The molecule has 2 heteroatoms. The molecule has 0 bridgehead atoms. The molecule has 0 atom stereocenters. The number of benzene rings is 1. The molecule has 1 aromatic carbocycles. The van der Waals surface area contributed by atoms with E-state index in [-0.39, 0.29) is 0 Å². The van der Waals surface area contributed by atoms with Gasteiger partial charge < -0.3 is 0 Å². The summed E-state index contributed by atoms with van der Waals surface area (Å²) < 4.78 is 1.99. The summed E-state index contributed by atoms with van der Waals surface area (Å²) in [5.41, 5.74) is 4.08. The summed E-state index contributed by atoms with van der Waals surface area (Å²) in [6.07, 6.45) is 3.78. The minimum Gasteiger partial charge on any atom is -0.293 e. The Labute approximate surface area is 106 Å². The van der Waals surface area contributed by atoms with E-state index < -0.39 is 0 Å². The molecule has 0 aliphatic carbocycles. The van der Waals surface area contributed by atoms with Gasteiger partial charge >= 0.3 is 0 Å². The topological polar surface area (TPSA) is 17.3 Å². The second kappa shape index (κ2) is 4.38. The van der Waals surface area contributed by atoms with Gasteiger partial charge in [0.05, 0.1) is 6.20 Å². The highest BCUT2D eigenvalue weighted by molar-refractivity contribution is 5.47. The van der Waals surface area contributed by atoms with Gasteiger partial charge in [0.2, 0.25) is 0 Å². The predicted molar refractivity (Wildman–Crippen MR) is 72.4 cm³/mol. The molecule has 86 valence electrons. The van der Waals surface area contributed by atoms with Crippen LogP contribution in [0.5, 0.6) is 0 Å².